The molecule has 0 fully saturated rings. The number of aliphatic carboxylic acids is 1. The van der Waals surface area contributed by atoms with E-state index in [-0.39, 0.29) is 23.7 Å². The van der Waals surface area contributed by atoms with Gasteiger partial charge in [-0.05, 0) is 60.7 Å². The van der Waals surface area contributed by atoms with Gasteiger partial charge in [0.2, 0.25) is 0 Å². The Hall–Kier alpha value is -4.03. The predicted octanol–water partition coefficient (Wildman–Crippen LogP) is 4.09. The van der Waals surface area contributed by atoms with Gasteiger partial charge >= 0.3 is 5.97 Å². The number of carboxylic acids is 1. The van der Waals surface area contributed by atoms with Crippen molar-refractivity contribution in [3.63, 3.8) is 0 Å². The largest absolute Gasteiger partial charge is 0.507 e. The van der Waals surface area contributed by atoms with Crippen LogP contribution in [0, 0.1) is 13.8 Å². The van der Waals surface area contributed by atoms with Gasteiger partial charge in [-0.15, -0.1) is 0 Å². The first-order chi connectivity index (χ1) is 15.7. The maximum atomic E-state index is 13.0. The van der Waals surface area contributed by atoms with Gasteiger partial charge in [0.05, 0.1) is 0 Å². The first-order valence-corrected chi connectivity index (χ1v) is 10.4. The van der Waals surface area contributed by atoms with E-state index in [0.717, 1.165) is 16.7 Å². The van der Waals surface area contributed by atoms with Crippen LogP contribution in [-0.2, 0) is 11.2 Å². The number of carbonyl (C=O) groups is 3. The zero-order valence-corrected chi connectivity index (χ0v) is 18.4. The summed E-state index contributed by atoms with van der Waals surface area (Å²) in [4.78, 5) is 36.6. The van der Waals surface area contributed by atoms with Crippen molar-refractivity contribution in [3.8, 4) is 5.75 Å². The lowest BCUT2D eigenvalue weighted by atomic mass is 9.94. The molecule has 0 aliphatic carbocycles. The van der Waals surface area contributed by atoms with Gasteiger partial charge in [-0.1, -0.05) is 54.6 Å². The van der Waals surface area contributed by atoms with Crippen LogP contribution in [0.1, 0.15) is 48.5 Å². The van der Waals surface area contributed by atoms with Gasteiger partial charge in [0.25, 0.3) is 0 Å². The van der Waals surface area contributed by atoms with E-state index in [1.807, 2.05) is 0 Å². The number of allylic oxidation sites excluding steroid dienone is 1. The van der Waals surface area contributed by atoms with Crippen molar-refractivity contribution >= 4 is 23.6 Å². The highest BCUT2D eigenvalue weighted by Crippen LogP contribution is 2.24. The smallest absolute Gasteiger partial charge is 0.320 e. The highest BCUT2D eigenvalue weighted by atomic mass is 16.4. The molecule has 0 bridgehead atoms. The molecule has 6 heteroatoms. The Bertz CT molecular complexity index is 1220. The summed E-state index contributed by atoms with van der Waals surface area (Å²) in [6.45, 7) is 3.59. The molecule has 3 aromatic rings. The SMILES string of the molecule is Cc1cc(C=CC(=O)c2ccc(C(=O)c3ccccc3C[C@H](N)C(=O)O)cc2)cc(C)c1O. The molecule has 0 aliphatic rings. The van der Waals surface area contributed by atoms with E-state index in [4.69, 9.17) is 10.8 Å². The predicted molar refractivity (Wildman–Crippen MR) is 127 cm³/mol. The number of aryl methyl sites for hydroxylation is 2. The lowest BCUT2D eigenvalue weighted by molar-refractivity contribution is -0.138. The summed E-state index contributed by atoms with van der Waals surface area (Å²) in [6.07, 6.45) is 3.17. The number of phenolic OH excluding ortho intramolecular Hbond substituents is 1. The Morgan fingerprint density at radius 3 is 2.12 bits per heavy atom. The highest BCUT2D eigenvalue weighted by molar-refractivity contribution is 6.11. The van der Waals surface area contributed by atoms with Crippen LogP contribution < -0.4 is 5.73 Å². The van der Waals surface area contributed by atoms with Crippen LogP contribution in [0.3, 0.4) is 0 Å². The van der Waals surface area contributed by atoms with Gasteiger partial charge < -0.3 is 15.9 Å². The second kappa shape index (κ2) is 10.1. The van der Waals surface area contributed by atoms with E-state index in [1.165, 1.54) is 6.08 Å². The van der Waals surface area contributed by atoms with E-state index in [2.05, 4.69) is 0 Å². The molecule has 0 saturated heterocycles. The zero-order chi connectivity index (χ0) is 24.1. The minimum Gasteiger partial charge on any atom is -0.507 e. The number of nitrogens with two attached hydrogens (primary N) is 1. The van der Waals surface area contributed by atoms with E-state index in [0.29, 0.717) is 22.3 Å². The number of carboxylic acid groups (broad SMARTS) is 1. The van der Waals surface area contributed by atoms with Crippen LogP contribution in [0.25, 0.3) is 6.08 Å². The van der Waals surface area contributed by atoms with Crippen molar-refractivity contribution in [1.82, 2.24) is 0 Å². The Kier molecular flexibility index (Phi) is 7.20. The third-order valence-corrected chi connectivity index (χ3v) is 5.39. The zero-order valence-electron chi connectivity index (χ0n) is 18.4. The highest BCUT2D eigenvalue weighted by Gasteiger charge is 2.18. The molecule has 3 aromatic carbocycles. The molecule has 0 heterocycles. The van der Waals surface area contributed by atoms with Crippen LogP contribution in [0.2, 0.25) is 0 Å². The van der Waals surface area contributed by atoms with Crippen LogP contribution >= 0.6 is 0 Å². The molecule has 0 saturated carbocycles. The summed E-state index contributed by atoms with van der Waals surface area (Å²) in [5.74, 6) is -1.38. The molecule has 3 rings (SSSR count). The van der Waals surface area contributed by atoms with E-state index < -0.39 is 12.0 Å². The molecule has 168 valence electrons. The van der Waals surface area contributed by atoms with Crippen molar-refractivity contribution in [2.45, 2.75) is 26.3 Å². The number of phenols is 1. The fourth-order valence-corrected chi connectivity index (χ4v) is 3.54. The number of aromatic hydroxyl groups is 1. The van der Waals surface area contributed by atoms with Gasteiger partial charge in [0.15, 0.2) is 11.6 Å². The van der Waals surface area contributed by atoms with E-state index in [9.17, 15) is 19.5 Å². The number of benzene rings is 3. The van der Waals surface area contributed by atoms with Crippen molar-refractivity contribution in [2.75, 3.05) is 0 Å². The average molecular weight is 443 g/mol. The summed E-state index contributed by atoms with van der Waals surface area (Å²) >= 11 is 0. The Labute approximate surface area is 192 Å². The lowest BCUT2D eigenvalue weighted by Gasteiger charge is -2.11. The molecule has 0 aliphatic heterocycles. The fraction of sp³-hybridized carbons (Fsp3) is 0.148. The molecule has 4 N–H and O–H groups in total. The standard InChI is InChI=1S/C27H25NO5/c1-16-13-18(14-17(2)25(16)30)7-12-24(29)19-8-10-20(11-9-19)26(31)22-6-4-3-5-21(22)15-23(28)27(32)33/h3-14,23,30H,15,28H2,1-2H3,(H,32,33)/t23-/m0/s1. The van der Waals surface area contributed by atoms with Gasteiger partial charge in [0.1, 0.15) is 11.8 Å². The molecular formula is C27H25NO5. The van der Waals surface area contributed by atoms with Crippen molar-refractivity contribution in [3.05, 3.63) is 106 Å². The summed E-state index contributed by atoms with van der Waals surface area (Å²) < 4.78 is 0. The second-order valence-corrected chi connectivity index (χ2v) is 7.91. The normalized spacial score (nSPS) is 12.0. The van der Waals surface area contributed by atoms with Crippen LogP contribution in [0.15, 0.2) is 66.7 Å². The van der Waals surface area contributed by atoms with Crippen LogP contribution in [0.4, 0.5) is 0 Å². The lowest BCUT2D eigenvalue weighted by Crippen LogP contribution is -2.32. The summed E-state index contributed by atoms with van der Waals surface area (Å²) in [5.41, 5.74) is 9.65. The number of carbonyl (C=O) groups excluding carboxylic acids is 2. The second-order valence-electron chi connectivity index (χ2n) is 7.91. The maximum absolute atomic E-state index is 13.0. The quantitative estimate of drug-likeness (QED) is 0.357. The molecule has 0 aromatic heterocycles. The van der Waals surface area contributed by atoms with Crippen molar-refractivity contribution in [2.24, 2.45) is 5.73 Å². The van der Waals surface area contributed by atoms with E-state index in [1.54, 1.807) is 80.6 Å². The Morgan fingerprint density at radius 2 is 1.52 bits per heavy atom. The third-order valence-electron chi connectivity index (χ3n) is 5.39. The molecule has 33 heavy (non-hydrogen) atoms. The van der Waals surface area contributed by atoms with Gasteiger partial charge in [-0.25, -0.2) is 0 Å². The van der Waals surface area contributed by atoms with Gasteiger partial charge in [0, 0.05) is 16.7 Å². The molecule has 0 radical (unpaired) electrons. The molecule has 0 amide bonds. The maximum Gasteiger partial charge on any atom is 0.320 e. The van der Waals surface area contributed by atoms with Crippen molar-refractivity contribution < 1.29 is 24.6 Å². The number of hydrogen-bond donors (Lipinski definition) is 3. The minimum absolute atomic E-state index is 0.0365. The minimum atomic E-state index is -1.13. The number of rotatable bonds is 8. The summed E-state index contributed by atoms with van der Waals surface area (Å²) in [5, 5.41) is 18.9. The molecule has 6 nitrogen and oxygen atoms in total. The van der Waals surface area contributed by atoms with Gasteiger partial charge in [-0.3, -0.25) is 14.4 Å². The average Bonchev–Trinajstić information content (AvgIpc) is 2.80. The number of hydrogen-bond acceptors (Lipinski definition) is 5. The first-order valence-electron chi connectivity index (χ1n) is 10.4. The van der Waals surface area contributed by atoms with E-state index >= 15 is 0 Å². The molecule has 1 atom stereocenters. The topological polar surface area (TPSA) is 118 Å². The van der Waals surface area contributed by atoms with Gasteiger partial charge in [-0.2, -0.15) is 0 Å². The first kappa shape index (κ1) is 23.6. The fourth-order valence-electron chi connectivity index (χ4n) is 3.54. The monoisotopic (exact) mass is 443 g/mol. The number of ketones is 2. The molecule has 0 unspecified atom stereocenters. The van der Waals surface area contributed by atoms with Crippen LogP contribution in [0.5, 0.6) is 5.75 Å². The third kappa shape index (κ3) is 5.61. The summed E-state index contributed by atoms with van der Waals surface area (Å²) in [7, 11) is 0. The Morgan fingerprint density at radius 1 is 0.939 bits per heavy atom. The summed E-state index contributed by atoms with van der Waals surface area (Å²) in [6, 6.07) is 15.6. The molecular weight excluding hydrogens is 418 g/mol. The molecule has 0 spiro atoms. The van der Waals surface area contributed by atoms with Crippen molar-refractivity contribution in [1.29, 1.82) is 0 Å². The Balaban J connectivity index is 1.77. The van der Waals surface area contributed by atoms with Crippen LogP contribution in [-0.4, -0.2) is 33.8 Å².